The zero-order chi connectivity index (χ0) is 12.9. The first-order chi connectivity index (χ1) is 8.16. The van der Waals surface area contributed by atoms with E-state index < -0.39 is 18.6 Å². The molecule has 2 amide bonds. The van der Waals surface area contributed by atoms with E-state index in [0.717, 1.165) is 19.4 Å². The Balaban J connectivity index is 3.19. The summed E-state index contributed by atoms with van der Waals surface area (Å²) in [5, 5.41) is 10.7. The highest BCUT2D eigenvalue weighted by Crippen LogP contribution is 1.88. The number of amides is 2. The van der Waals surface area contributed by atoms with E-state index in [9.17, 15) is 9.59 Å². The van der Waals surface area contributed by atoms with Gasteiger partial charge in [0.1, 0.15) is 0 Å². The first kappa shape index (κ1) is 15.7. The van der Waals surface area contributed by atoms with Gasteiger partial charge in [-0.05, 0) is 12.8 Å². The molecule has 0 aliphatic carbocycles. The zero-order valence-corrected chi connectivity index (χ0v) is 10.0. The standard InChI is InChI=1S/C10H20N2O5/c1-2-3-6-16-7-4-5-11-10(15)12-17-8-9(13)14/h2-8H2,1H3,(H,13,14)(H2,11,12,15). The smallest absolute Gasteiger partial charge is 0.338 e. The molecule has 0 aromatic heterocycles. The van der Waals surface area contributed by atoms with Gasteiger partial charge in [-0.1, -0.05) is 13.3 Å². The molecule has 100 valence electrons. The Bertz CT molecular complexity index is 223. The molecule has 0 rings (SSSR count). The number of hydrogen-bond acceptors (Lipinski definition) is 4. The maximum atomic E-state index is 11.0. The number of hydrogen-bond donors (Lipinski definition) is 3. The highest BCUT2D eigenvalue weighted by atomic mass is 16.7. The Morgan fingerprint density at radius 3 is 2.59 bits per heavy atom. The Morgan fingerprint density at radius 2 is 1.94 bits per heavy atom. The minimum absolute atomic E-state index is 0.453. The first-order valence-corrected chi connectivity index (χ1v) is 5.62. The minimum atomic E-state index is -1.14. The van der Waals surface area contributed by atoms with Crippen molar-refractivity contribution in [1.82, 2.24) is 10.8 Å². The van der Waals surface area contributed by atoms with Crippen molar-refractivity contribution in [1.29, 1.82) is 0 Å². The average molecular weight is 248 g/mol. The fraction of sp³-hybridized carbons (Fsp3) is 0.800. The number of carbonyl (C=O) groups excluding carboxylic acids is 1. The van der Waals surface area contributed by atoms with E-state index in [1.807, 2.05) is 5.48 Å². The van der Waals surface area contributed by atoms with Gasteiger partial charge in [0.25, 0.3) is 0 Å². The Morgan fingerprint density at radius 1 is 1.24 bits per heavy atom. The number of hydroxylamine groups is 1. The summed E-state index contributed by atoms with van der Waals surface area (Å²) in [5.41, 5.74) is 1.95. The molecular formula is C10H20N2O5. The molecule has 0 unspecified atom stereocenters. The molecule has 7 nitrogen and oxygen atoms in total. The highest BCUT2D eigenvalue weighted by molar-refractivity contribution is 5.73. The molecule has 7 heteroatoms. The van der Waals surface area contributed by atoms with Crippen LogP contribution in [0.1, 0.15) is 26.2 Å². The summed E-state index contributed by atoms with van der Waals surface area (Å²) in [7, 11) is 0. The lowest BCUT2D eigenvalue weighted by molar-refractivity contribution is -0.144. The molecule has 0 heterocycles. The van der Waals surface area contributed by atoms with Crippen molar-refractivity contribution < 1.29 is 24.3 Å². The van der Waals surface area contributed by atoms with E-state index in [-0.39, 0.29) is 0 Å². The monoisotopic (exact) mass is 248 g/mol. The Kier molecular flexibility index (Phi) is 10.3. The molecule has 0 bridgehead atoms. The van der Waals surface area contributed by atoms with Crippen LogP contribution in [0, 0.1) is 0 Å². The van der Waals surface area contributed by atoms with Gasteiger partial charge in [-0.3, -0.25) is 4.84 Å². The number of urea groups is 1. The fourth-order valence-corrected chi connectivity index (χ4v) is 0.924. The maximum absolute atomic E-state index is 11.0. The molecule has 17 heavy (non-hydrogen) atoms. The van der Waals surface area contributed by atoms with Gasteiger partial charge >= 0.3 is 12.0 Å². The van der Waals surface area contributed by atoms with Crippen molar-refractivity contribution in [2.24, 2.45) is 0 Å². The number of rotatable bonds is 10. The van der Waals surface area contributed by atoms with Crippen molar-refractivity contribution in [3.8, 4) is 0 Å². The minimum Gasteiger partial charge on any atom is -0.479 e. The molecule has 0 spiro atoms. The lowest BCUT2D eigenvalue weighted by Gasteiger charge is -2.06. The Labute approximate surface area is 100 Å². The SMILES string of the molecule is CCCCOCCCNC(=O)NOCC(=O)O. The molecule has 0 aromatic rings. The van der Waals surface area contributed by atoms with Crippen LogP contribution < -0.4 is 10.8 Å². The van der Waals surface area contributed by atoms with E-state index in [1.165, 1.54) is 0 Å². The second-order valence-corrected chi connectivity index (χ2v) is 3.36. The normalized spacial score (nSPS) is 9.94. The number of nitrogens with one attached hydrogen (secondary N) is 2. The summed E-state index contributed by atoms with van der Waals surface area (Å²) >= 11 is 0. The molecule has 0 saturated heterocycles. The van der Waals surface area contributed by atoms with Gasteiger partial charge in [0.2, 0.25) is 0 Å². The number of carboxylic acid groups (broad SMARTS) is 1. The van der Waals surface area contributed by atoms with Crippen LogP contribution in [0.2, 0.25) is 0 Å². The molecule has 0 aliphatic rings. The van der Waals surface area contributed by atoms with Gasteiger partial charge in [0.15, 0.2) is 6.61 Å². The van der Waals surface area contributed by atoms with E-state index in [1.54, 1.807) is 0 Å². The molecule has 0 aromatic carbocycles. The number of carboxylic acids is 1. The Hall–Kier alpha value is -1.34. The van der Waals surface area contributed by atoms with E-state index in [2.05, 4.69) is 17.1 Å². The summed E-state index contributed by atoms with van der Waals surface area (Å²) in [6.45, 7) is 3.31. The van der Waals surface area contributed by atoms with Crippen molar-refractivity contribution in [3.63, 3.8) is 0 Å². The van der Waals surface area contributed by atoms with Crippen molar-refractivity contribution in [2.45, 2.75) is 26.2 Å². The van der Waals surface area contributed by atoms with Crippen LogP contribution >= 0.6 is 0 Å². The maximum Gasteiger partial charge on any atom is 0.338 e. The second kappa shape index (κ2) is 11.2. The summed E-state index contributed by atoms with van der Waals surface area (Å²) in [4.78, 5) is 25.4. The van der Waals surface area contributed by atoms with Crippen molar-refractivity contribution in [2.75, 3.05) is 26.4 Å². The summed E-state index contributed by atoms with van der Waals surface area (Å²) in [5.74, 6) is -1.14. The lowest BCUT2D eigenvalue weighted by Crippen LogP contribution is -2.37. The molecule has 0 atom stereocenters. The molecule has 0 radical (unpaired) electrons. The largest absolute Gasteiger partial charge is 0.479 e. The van der Waals surface area contributed by atoms with E-state index in [4.69, 9.17) is 9.84 Å². The quantitative estimate of drug-likeness (QED) is 0.386. The fourth-order valence-electron chi connectivity index (χ4n) is 0.924. The summed E-state index contributed by atoms with van der Waals surface area (Å²) in [6, 6.07) is -0.556. The van der Waals surface area contributed by atoms with Gasteiger partial charge in [0.05, 0.1) is 0 Å². The van der Waals surface area contributed by atoms with Crippen LogP contribution in [-0.4, -0.2) is 43.5 Å². The number of ether oxygens (including phenoxy) is 1. The van der Waals surface area contributed by atoms with E-state index >= 15 is 0 Å². The molecule has 0 aliphatic heterocycles. The summed E-state index contributed by atoms with van der Waals surface area (Å²) in [6.07, 6.45) is 2.84. The van der Waals surface area contributed by atoms with Crippen LogP contribution in [0.4, 0.5) is 4.79 Å². The topological polar surface area (TPSA) is 96.9 Å². The number of carbonyl (C=O) groups is 2. The van der Waals surface area contributed by atoms with Gasteiger partial charge in [-0.15, -0.1) is 0 Å². The third-order valence-electron chi connectivity index (χ3n) is 1.75. The van der Waals surface area contributed by atoms with Crippen LogP contribution in [-0.2, 0) is 14.4 Å². The van der Waals surface area contributed by atoms with Gasteiger partial charge in [-0.2, -0.15) is 0 Å². The van der Waals surface area contributed by atoms with Gasteiger partial charge in [-0.25, -0.2) is 15.1 Å². The zero-order valence-electron chi connectivity index (χ0n) is 10.0. The van der Waals surface area contributed by atoms with Crippen molar-refractivity contribution in [3.05, 3.63) is 0 Å². The van der Waals surface area contributed by atoms with Crippen molar-refractivity contribution >= 4 is 12.0 Å². The first-order valence-electron chi connectivity index (χ1n) is 5.62. The van der Waals surface area contributed by atoms with Gasteiger partial charge in [0, 0.05) is 19.8 Å². The third-order valence-corrected chi connectivity index (χ3v) is 1.75. The van der Waals surface area contributed by atoms with Gasteiger partial charge < -0.3 is 15.2 Å². The van der Waals surface area contributed by atoms with Crippen LogP contribution in [0.25, 0.3) is 0 Å². The lowest BCUT2D eigenvalue weighted by atomic mass is 10.4. The predicted octanol–water partition coefficient (Wildman–Crippen LogP) is 0.509. The summed E-state index contributed by atoms with van der Waals surface area (Å²) < 4.78 is 5.29. The molecule has 0 saturated carbocycles. The van der Waals surface area contributed by atoms with Crippen LogP contribution in [0.15, 0.2) is 0 Å². The molecule has 0 fully saturated rings. The van der Waals surface area contributed by atoms with E-state index in [0.29, 0.717) is 19.6 Å². The van der Waals surface area contributed by atoms with Crippen LogP contribution in [0.5, 0.6) is 0 Å². The number of aliphatic carboxylic acids is 1. The average Bonchev–Trinajstić information content (AvgIpc) is 2.27. The molecule has 3 N–H and O–H groups in total. The highest BCUT2D eigenvalue weighted by Gasteiger charge is 2.01. The predicted molar refractivity (Wildman–Crippen MR) is 60.5 cm³/mol. The van der Waals surface area contributed by atoms with Crippen LogP contribution in [0.3, 0.4) is 0 Å². The third kappa shape index (κ3) is 12.6. The molecular weight excluding hydrogens is 228 g/mol. The second-order valence-electron chi connectivity index (χ2n) is 3.36. The number of unbranched alkanes of at least 4 members (excludes halogenated alkanes) is 1.